The lowest BCUT2D eigenvalue weighted by molar-refractivity contribution is 0.217. The van der Waals surface area contributed by atoms with E-state index in [4.69, 9.17) is 4.98 Å². The summed E-state index contributed by atoms with van der Waals surface area (Å²) in [6, 6.07) is 7.76. The van der Waals surface area contributed by atoms with Crippen molar-refractivity contribution in [3.05, 3.63) is 46.5 Å². The Morgan fingerprint density at radius 1 is 1.17 bits per heavy atom. The Kier molecular flexibility index (Phi) is 5.50. The Labute approximate surface area is 201 Å². The molecule has 4 aromatic rings. The van der Waals surface area contributed by atoms with Crippen molar-refractivity contribution >= 4 is 11.5 Å². The van der Waals surface area contributed by atoms with E-state index in [1.807, 2.05) is 10.7 Å². The van der Waals surface area contributed by atoms with Crippen LogP contribution in [0.15, 0.2) is 35.4 Å². The molecule has 0 bridgehead atoms. The van der Waals surface area contributed by atoms with Crippen LogP contribution in [0.3, 0.4) is 0 Å². The first kappa shape index (κ1) is 21.5. The number of piperidine rings is 1. The van der Waals surface area contributed by atoms with Crippen LogP contribution in [0.5, 0.6) is 0 Å². The molecular weight excluding hydrogens is 444 g/mol. The molecule has 1 aliphatic heterocycles. The first-order valence-electron chi connectivity index (χ1n) is 12.1. The van der Waals surface area contributed by atoms with Gasteiger partial charge in [0.25, 0.3) is 0 Å². The number of anilines is 1. The summed E-state index contributed by atoms with van der Waals surface area (Å²) in [5, 5.41) is 26.5. The van der Waals surface area contributed by atoms with Crippen molar-refractivity contribution in [2.75, 3.05) is 25.0 Å². The molecule has 2 N–H and O–H groups in total. The van der Waals surface area contributed by atoms with E-state index in [-0.39, 0.29) is 5.56 Å². The van der Waals surface area contributed by atoms with Gasteiger partial charge in [-0.15, -0.1) is 5.10 Å². The van der Waals surface area contributed by atoms with E-state index in [9.17, 15) is 10.1 Å². The van der Waals surface area contributed by atoms with E-state index in [1.54, 1.807) is 16.8 Å². The molecule has 0 radical (unpaired) electrons. The van der Waals surface area contributed by atoms with Gasteiger partial charge in [0.2, 0.25) is 5.56 Å². The summed E-state index contributed by atoms with van der Waals surface area (Å²) in [6.45, 7) is 3.75. The Bertz CT molecular complexity index is 1450. The molecule has 11 nitrogen and oxygen atoms in total. The van der Waals surface area contributed by atoms with Crippen LogP contribution in [0.1, 0.15) is 37.7 Å². The number of hydrogen-bond acceptors (Lipinski definition) is 8. The zero-order valence-corrected chi connectivity index (χ0v) is 19.3. The summed E-state index contributed by atoms with van der Waals surface area (Å²) in [6.07, 6.45) is 9.15. The van der Waals surface area contributed by atoms with Crippen molar-refractivity contribution in [2.45, 2.75) is 44.7 Å². The first-order chi connectivity index (χ1) is 17.2. The Morgan fingerprint density at radius 3 is 2.77 bits per heavy atom. The predicted molar refractivity (Wildman–Crippen MR) is 130 cm³/mol. The fourth-order valence-electron chi connectivity index (χ4n) is 4.61. The number of aromatic amines is 1. The Balaban J connectivity index is 1.45. The van der Waals surface area contributed by atoms with Crippen molar-refractivity contribution < 1.29 is 0 Å². The lowest BCUT2D eigenvalue weighted by Gasteiger charge is -2.26. The van der Waals surface area contributed by atoms with Crippen molar-refractivity contribution in [3.8, 4) is 28.7 Å². The van der Waals surface area contributed by atoms with Crippen molar-refractivity contribution in [3.63, 3.8) is 0 Å². The third-order valence-electron chi connectivity index (χ3n) is 6.63. The number of likely N-dealkylation sites (tertiary alicyclic amines) is 1. The molecule has 178 valence electrons. The molecule has 1 aliphatic carbocycles. The third kappa shape index (κ3) is 4.28. The minimum atomic E-state index is -0.170. The maximum atomic E-state index is 11.7. The van der Waals surface area contributed by atoms with Crippen LogP contribution in [0.2, 0.25) is 0 Å². The zero-order chi connectivity index (χ0) is 23.8. The van der Waals surface area contributed by atoms with Gasteiger partial charge in [0.1, 0.15) is 23.1 Å². The number of nitrogens with one attached hydrogen (secondary N) is 2. The number of aromatic nitrogens is 7. The Morgan fingerprint density at radius 2 is 2.03 bits per heavy atom. The molecule has 0 spiro atoms. The molecular formula is C24H26N10O. The van der Waals surface area contributed by atoms with Crippen molar-refractivity contribution in [1.82, 2.24) is 39.5 Å². The smallest absolute Gasteiger partial charge is 0.247 e. The van der Waals surface area contributed by atoms with Crippen LogP contribution >= 0.6 is 0 Å². The molecule has 0 aromatic carbocycles. The van der Waals surface area contributed by atoms with E-state index >= 15 is 0 Å². The summed E-state index contributed by atoms with van der Waals surface area (Å²) in [5.41, 5.74) is 3.49. The molecule has 2 fully saturated rings. The minimum Gasteiger partial charge on any atom is -0.367 e. The molecule has 0 unspecified atom stereocenters. The SMILES string of the molecule is N#Cc1cnn2c(NC3CC3)cc(-c3nnn(CCN4CCCCC4)c3-c3ccc(=O)[nH]c3)nc12. The fraction of sp³-hybridized carbons (Fsp3) is 0.417. The van der Waals surface area contributed by atoms with Gasteiger partial charge in [-0.05, 0) is 44.8 Å². The van der Waals surface area contributed by atoms with Gasteiger partial charge < -0.3 is 15.2 Å². The molecule has 35 heavy (non-hydrogen) atoms. The van der Waals surface area contributed by atoms with Crippen LogP contribution < -0.4 is 10.9 Å². The highest BCUT2D eigenvalue weighted by Crippen LogP contribution is 2.32. The largest absolute Gasteiger partial charge is 0.367 e. The highest BCUT2D eigenvalue weighted by atomic mass is 16.1. The number of H-pyrrole nitrogens is 1. The molecule has 6 rings (SSSR count). The number of nitriles is 1. The summed E-state index contributed by atoms with van der Waals surface area (Å²) < 4.78 is 3.56. The monoisotopic (exact) mass is 470 g/mol. The third-order valence-corrected chi connectivity index (χ3v) is 6.63. The van der Waals surface area contributed by atoms with Gasteiger partial charge in [-0.25, -0.2) is 9.67 Å². The topological polar surface area (TPSA) is 133 Å². The number of hydrogen-bond donors (Lipinski definition) is 2. The van der Waals surface area contributed by atoms with Gasteiger partial charge in [0.15, 0.2) is 5.65 Å². The molecule has 5 heterocycles. The molecule has 0 amide bonds. The predicted octanol–water partition coefficient (Wildman–Crippen LogP) is 2.27. The van der Waals surface area contributed by atoms with Gasteiger partial charge in [-0.2, -0.15) is 14.9 Å². The summed E-state index contributed by atoms with van der Waals surface area (Å²) in [7, 11) is 0. The second kappa shape index (κ2) is 8.96. The van der Waals surface area contributed by atoms with Crippen molar-refractivity contribution in [2.24, 2.45) is 0 Å². The second-order valence-corrected chi connectivity index (χ2v) is 9.20. The minimum absolute atomic E-state index is 0.170. The zero-order valence-electron chi connectivity index (χ0n) is 19.3. The summed E-state index contributed by atoms with van der Waals surface area (Å²) in [5.74, 6) is 0.768. The highest BCUT2D eigenvalue weighted by Gasteiger charge is 2.25. The molecule has 0 atom stereocenters. The van der Waals surface area contributed by atoms with E-state index in [1.165, 1.54) is 31.5 Å². The van der Waals surface area contributed by atoms with E-state index in [0.29, 0.717) is 35.2 Å². The molecule has 2 aliphatic rings. The van der Waals surface area contributed by atoms with Crippen LogP contribution in [0.4, 0.5) is 5.82 Å². The maximum Gasteiger partial charge on any atom is 0.247 e. The number of pyridine rings is 1. The summed E-state index contributed by atoms with van der Waals surface area (Å²) in [4.78, 5) is 21.7. The molecule has 1 saturated carbocycles. The van der Waals surface area contributed by atoms with Gasteiger partial charge in [0.05, 0.1) is 24.1 Å². The van der Waals surface area contributed by atoms with E-state index < -0.39 is 0 Å². The van der Waals surface area contributed by atoms with Crippen LogP contribution in [-0.4, -0.2) is 65.2 Å². The van der Waals surface area contributed by atoms with Crippen LogP contribution in [0.25, 0.3) is 28.3 Å². The average molecular weight is 471 g/mol. The van der Waals surface area contributed by atoms with E-state index in [2.05, 4.69) is 36.7 Å². The standard InChI is InChI=1S/C24H26N10O/c25-13-17-15-27-34-20(28-18-5-6-18)12-19(29-24(17)34)22-23(16-4-7-21(35)26-14-16)33(31-30-22)11-10-32-8-2-1-3-9-32/h4,7,12,14-15,18,28H,1-3,5-6,8-11H2,(H,26,35). The molecule has 4 aromatic heterocycles. The van der Waals surface area contributed by atoms with Gasteiger partial charge in [0, 0.05) is 36.5 Å². The van der Waals surface area contributed by atoms with Crippen molar-refractivity contribution in [1.29, 1.82) is 5.26 Å². The lowest BCUT2D eigenvalue weighted by atomic mass is 10.1. The number of rotatable bonds is 7. The Hall–Kier alpha value is -4.04. The quantitative estimate of drug-likeness (QED) is 0.420. The molecule has 11 heteroatoms. The average Bonchev–Trinajstić information content (AvgIpc) is 3.44. The normalized spacial score (nSPS) is 16.4. The molecule has 1 saturated heterocycles. The lowest BCUT2D eigenvalue weighted by Crippen LogP contribution is -2.32. The van der Waals surface area contributed by atoms with Crippen LogP contribution in [-0.2, 0) is 6.54 Å². The van der Waals surface area contributed by atoms with E-state index in [0.717, 1.165) is 49.6 Å². The van der Waals surface area contributed by atoms with Gasteiger partial charge in [-0.1, -0.05) is 11.6 Å². The summed E-state index contributed by atoms with van der Waals surface area (Å²) >= 11 is 0. The van der Waals surface area contributed by atoms with Crippen LogP contribution in [0, 0.1) is 11.3 Å². The maximum absolute atomic E-state index is 11.7. The fourth-order valence-corrected chi connectivity index (χ4v) is 4.61. The number of nitrogens with zero attached hydrogens (tertiary/aromatic N) is 8. The van der Waals surface area contributed by atoms with Gasteiger partial charge in [-0.3, -0.25) is 4.79 Å². The van der Waals surface area contributed by atoms with Gasteiger partial charge >= 0.3 is 0 Å². The highest BCUT2D eigenvalue weighted by molar-refractivity contribution is 5.78. The number of fused-ring (bicyclic) bond motifs is 1. The first-order valence-corrected chi connectivity index (χ1v) is 12.1. The second-order valence-electron chi connectivity index (χ2n) is 9.20.